The van der Waals surface area contributed by atoms with Gasteiger partial charge in [0, 0.05) is 12.6 Å². The molecular formula is C7H17NO2S. The highest BCUT2D eigenvalue weighted by Gasteiger charge is 2.17. The molecule has 0 aliphatic carbocycles. The van der Waals surface area contributed by atoms with Crippen LogP contribution in [0.4, 0.5) is 0 Å². The lowest BCUT2D eigenvalue weighted by molar-refractivity contribution is 0.308. The molecule has 1 N–H and O–H groups in total. The maximum atomic E-state index is 10.7. The van der Waals surface area contributed by atoms with Crippen LogP contribution in [0.15, 0.2) is 0 Å². The van der Waals surface area contributed by atoms with Gasteiger partial charge in [0.25, 0.3) is 0 Å². The summed E-state index contributed by atoms with van der Waals surface area (Å²) >= 11 is -1.80. The van der Waals surface area contributed by atoms with Crippen LogP contribution in [0.3, 0.4) is 0 Å². The smallest absolute Gasteiger partial charge is 0.234 e. The van der Waals surface area contributed by atoms with E-state index in [1.54, 1.807) is 4.31 Å². The first kappa shape index (κ1) is 11.1. The molecule has 0 aromatic rings. The minimum absolute atomic E-state index is 0.242. The molecule has 0 rings (SSSR count). The van der Waals surface area contributed by atoms with Crippen LogP contribution in [-0.2, 0) is 11.3 Å². The van der Waals surface area contributed by atoms with Gasteiger partial charge in [0.05, 0.1) is 0 Å². The van der Waals surface area contributed by atoms with Crippen molar-refractivity contribution in [2.45, 2.75) is 39.7 Å². The van der Waals surface area contributed by atoms with Crippen LogP contribution in [0.25, 0.3) is 0 Å². The quantitative estimate of drug-likeness (QED) is 0.652. The van der Waals surface area contributed by atoms with E-state index in [0.717, 1.165) is 12.8 Å². The molecule has 0 fully saturated rings. The van der Waals surface area contributed by atoms with Crippen LogP contribution in [-0.4, -0.2) is 25.7 Å². The number of nitrogens with zero attached hydrogens (tertiary/aromatic N) is 1. The summed E-state index contributed by atoms with van der Waals surface area (Å²) in [5.41, 5.74) is 0. The highest BCUT2D eigenvalue weighted by Crippen LogP contribution is 2.09. The number of hydrogen-bond donors (Lipinski definition) is 1. The van der Waals surface area contributed by atoms with E-state index in [-0.39, 0.29) is 6.04 Å². The fraction of sp³-hybridized carbons (Fsp3) is 1.00. The topological polar surface area (TPSA) is 40.5 Å². The Balaban J connectivity index is 4.09. The Hall–Kier alpha value is 0.0700. The fourth-order valence-corrected chi connectivity index (χ4v) is 1.97. The minimum atomic E-state index is -1.80. The Morgan fingerprint density at radius 1 is 1.36 bits per heavy atom. The summed E-state index contributed by atoms with van der Waals surface area (Å²) in [6.45, 7) is 6.59. The van der Waals surface area contributed by atoms with E-state index in [1.165, 1.54) is 0 Å². The van der Waals surface area contributed by atoms with E-state index in [9.17, 15) is 4.21 Å². The van der Waals surface area contributed by atoms with E-state index < -0.39 is 11.3 Å². The van der Waals surface area contributed by atoms with Crippen LogP contribution >= 0.6 is 0 Å². The van der Waals surface area contributed by atoms with Gasteiger partial charge in [0.1, 0.15) is 0 Å². The molecule has 0 saturated carbocycles. The van der Waals surface area contributed by atoms with Gasteiger partial charge in [0.2, 0.25) is 11.3 Å². The van der Waals surface area contributed by atoms with Crippen molar-refractivity contribution in [2.24, 2.45) is 0 Å². The summed E-state index contributed by atoms with van der Waals surface area (Å²) in [6, 6.07) is 0.242. The lowest BCUT2D eigenvalue weighted by Crippen LogP contribution is -2.35. The van der Waals surface area contributed by atoms with Crippen molar-refractivity contribution in [1.29, 1.82) is 0 Å². The molecule has 68 valence electrons. The molecule has 0 aromatic carbocycles. The largest absolute Gasteiger partial charge is 0.294 e. The van der Waals surface area contributed by atoms with Crippen molar-refractivity contribution in [3.05, 3.63) is 0 Å². The first-order valence-corrected chi connectivity index (χ1v) is 5.11. The SMILES string of the molecule is CCC(CC)N(CC)S(=O)O. The van der Waals surface area contributed by atoms with Gasteiger partial charge in [-0.3, -0.25) is 4.55 Å². The van der Waals surface area contributed by atoms with Crippen molar-refractivity contribution in [3.63, 3.8) is 0 Å². The third-order valence-corrected chi connectivity index (χ3v) is 2.82. The number of rotatable bonds is 5. The van der Waals surface area contributed by atoms with Crippen LogP contribution < -0.4 is 0 Å². The molecule has 1 atom stereocenters. The second-order valence-electron chi connectivity index (χ2n) is 2.43. The van der Waals surface area contributed by atoms with Crippen molar-refractivity contribution >= 4 is 11.3 Å². The van der Waals surface area contributed by atoms with Crippen molar-refractivity contribution < 1.29 is 8.76 Å². The Bertz CT molecular complexity index is 126. The van der Waals surface area contributed by atoms with Gasteiger partial charge in [-0.1, -0.05) is 20.8 Å². The van der Waals surface area contributed by atoms with Gasteiger partial charge >= 0.3 is 0 Å². The van der Waals surface area contributed by atoms with E-state index in [4.69, 9.17) is 4.55 Å². The average molecular weight is 179 g/mol. The third kappa shape index (κ3) is 3.31. The summed E-state index contributed by atoms with van der Waals surface area (Å²) in [6.07, 6.45) is 1.85. The van der Waals surface area contributed by atoms with Gasteiger partial charge < -0.3 is 0 Å². The molecule has 0 amide bonds. The van der Waals surface area contributed by atoms with E-state index in [1.807, 2.05) is 20.8 Å². The van der Waals surface area contributed by atoms with Crippen molar-refractivity contribution in [3.8, 4) is 0 Å². The van der Waals surface area contributed by atoms with E-state index >= 15 is 0 Å². The molecule has 0 aliphatic heterocycles. The highest BCUT2D eigenvalue weighted by atomic mass is 32.2. The van der Waals surface area contributed by atoms with Crippen molar-refractivity contribution in [1.82, 2.24) is 4.31 Å². The molecule has 0 spiro atoms. The van der Waals surface area contributed by atoms with Crippen LogP contribution in [0.1, 0.15) is 33.6 Å². The van der Waals surface area contributed by atoms with Gasteiger partial charge in [-0.25, -0.2) is 4.21 Å². The molecule has 1 unspecified atom stereocenters. The molecule has 0 bridgehead atoms. The van der Waals surface area contributed by atoms with Gasteiger partial charge in [-0.2, -0.15) is 4.31 Å². The van der Waals surface area contributed by atoms with Crippen LogP contribution in [0.2, 0.25) is 0 Å². The standard InChI is InChI=1S/C7H17NO2S/c1-4-7(5-2)8(6-3)11(9)10/h7H,4-6H2,1-3H3,(H,9,10). The molecule has 0 aromatic heterocycles. The van der Waals surface area contributed by atoms with Gasteiger partial charge in [-0.05, 0) is 12.8 Å². The average Bonchev–Trinajstić information content (AvgIpc) is 1.99. The van der Waals surface area contributed by atoms with Gasteiger partial charge in [-0.15, -0.1) is 0 Å². The molecule has 3 nitrogen and oxygen atoms in total. The fourth-order valence-electron chi connectivity index (χ4n) is 1.19. The first-order valence-electron chi connectivity index (χ1n) is 4.04. The molecule has 0 saturated heterocycles. The predicted molar refractivity (Wildman–Crippen MR) is 47.5 cm³/mol. The van der Waals surface area contributed by atoms with E-state index in [2.05, 4.69) is 0 Å². The molecule has 0 heterocycles. The monoisotopic (exact) mass is 179 g/mol. The Kier molecular flexibility index (Phi) is 5.72. The highest BCUT2D eigenvalue weighted by molar-refractivity contribution is 7.76. The second-order valence-corrected chi connectivity index (χ2v) is 3.36. The second kappa shape index (κ2) is 5.69. The normalized spacial score (nSPS) is 14.4. The Labute approximate surface area is 71.2 Å². The lowest BCUT2D eigenvalue weighted by Gasteiger charge is -2.24. The molecule has 11 heavy (non-hydrogen) atoms. The summed E-state index contributed by atoms with van der Waals surface area (Å²) in [5.74, 6) is 0. The third-order valence-electron chi connectivity index (χ3n) is 1.86. The number of hydrogen-bond acceptors (Lipinski definition) is 1. The van der Waals surface area contributed by atoms with Crippen LogP contribution in [0.5, 0.6) is 0 Å². The Morgan fingerprint density at radius 3 is 1.91 bits per heavy atom. The molecule has 0 aliphatic rings. The minimum Gasteiger partial charge on any atom is -0.294 e. The summed E-state index contributed by atoms with van der Waals surface area (Å²) in [5, 5.41) is 0. The first-order chi connectivity index (χ1) is 5.17. The summed E-state index contributed by atoms with van der Waals surface area (Å²) < 4.78 is 21.2. The zero-order chi connectivity index (χ0) is 8.85. The van der Waals surface area contributed by atoms with E-state index in [0.29, 0.717) is 6.54 Å². The molecule has 0 radical (unpaired) electrons. The summed E-state index contributed by atoms with van der Waals surface area (Å²) in [4.78, 5) is 0. The zero-order valence-electron chi connectivity index (χ0n) is 7.41. The zero-order valence-corrected chi connectivity index (χ0v) is 8.23. The Morgan fingerprint density at radius 2 is 1.82 bits per heavy atom. The summed E-state index contributed by atoms with van der Waals surface area (Å²) in [7, 11) is 0. The molecular weight excluding hydrogens is 162 g/mol. The van der Waals surface area contributed by atoms with Crippen LogP contribution in [0, 0.1) is 0 Å². The maximum absolute atomic E-state index is 10.7. The lowest BCUT2D eigenvalue weighted by atomic mass is 10.2. The maximum Gasteiger partial charge on any atom is 0.234 e. The van der Waals surface area contributed by atoms with Crippen molar-refractivity contribution in [2.75, 3.05) is 6.54 Å². The molecule has 4 heteroatoms. The predicted octanol–water partition coefficient (Wildman–Crippen LogP) is 1.63. The van der Waals surface area contributed by atoms with Gasteiger partial charge in [0.15, 0.2) is 0 Å².